The number of hydrogen-bond donors (Lipinski definition) is 1. The number of nitrogens with one attached hydrogen (secondary N) is 1. The lowest BCUT2D eigenvalue weighted by molar-refractivity contribution is 0.102. The highest BCUT2D eigenvalue weighted by Gasteiger charge is 2.13. The molecule has 0 aliphatic rings. The van der Waals surface area contributed by atoms with Gasteiger partial charge in [-0.2, -0.15) is 5.26 Å². The Labute approximate surface area is 132 Å². The number of nitrogens with zero attached hydrogens (tertiary/aromatic N) is 1. The van der Waals surface area contributed by atoms with E-state index in [9.17, 15) is 9.36 Å². The van der Waals surface area contributed by atoms with Gasteiger partial charge in [-0.1, -0.05) is 34.1 Å². The second kappa shape index (κ2) is 7.12. The molecule has 0 bridgehead atoms. The molecule has 0 spiro atoms. The van der Waals surface area contributed by atoms with Gasteiger partial charge >= 0.3 is 0 Å². The van der Waals surface area contributed by atoms with E-state index in [-0.39, 0.29) is 20.5 Å². The molecule has 0 aliphatic heterocycles. The van der Waals surface area contributed by atoms with Crippen LogP contribution in [-0.2, 0) is 10.7 Å². The van der Waals surface area contributed by atoms with Gasteiger partial charge < -0.3 is 5.32 Å². The first-order valence-electron chi connectivity index (χ1n) is 6.03. The molecule has 0 heterocycles. The molecule has 2 aromatic carbocycles. The first-order valence-corrected chi connectivity index (χ1v) is 7.83. The van der Waals surface area contributed by atoms with Gasteiger partial charge in [-0.25, -0.2) is 0 Å². The zero-order valence-electron chi connectivity index (χ0n) is 10.8. The van der Waals surface area contributed by atoms with Crippen LogP contribution in [-0.4, -0.2) is 5.91 Å². The van der Waals surface area contributed by atoms with E-state index in [4.69, 9.17) is 5.26 Å². The highest BCUT2D eigenvalue weighted by Crippen LogP contribution is 2.22. The summed E-state index contributed by atoms with van der Waals surface area (Å²) in [6.45, 7) is 0. The minimum Gasteiger partial charge on any atom is -0.321 e. The van der Waals surface area contributed by atoms with Crippen LogP contribution in [0.25, 0.3) is 0 Å². The molecule has 0 fully saturated rings. The summed E-state index contributed by atoms with van der Waals surface area (Å²) >= 11 is 3.28. The number of rotatable bonds is 4. The number of halogens is 1. The SMILES string of the molecule is N#Cc1cc(Br)ccc1NC(=O)c1ccccc1CP=O. The predicted octanol–water partition coefficient (Wildman–Crippen LogP) is 4.36. The normalized spacial score (nSPS) is 10.1. The third-order valence-electron chi connectivity index (χ3n) is 2.85. The van der Waals surface area contributed by atoms with Crippen LogP contribution in [0.3, 0.4) is 0 Å². The molecule has 1 N–H and O–H groups in total. The molecule has 6 heteroatoms. The molecule has 1 amide bonds. The van der Waals surface area contributed by atoms with Crippen molar-refractivity contribution in [3.05, 3.63) is 63.6 Å². The van der Waals surface area contributed by atoms with E-state index < -0.39 is 0 Å². The molecule has 2 aromatic rings. The molecule has 0 aromatic heterocycles. The van der Waals surface area contributed by atoms with Gasteiger partial charge in [0.1, 0.15) is 6.07 Å². The van der Waals surface area contributed by atoms with Crippen LogP contribution >= 0.6 is 24.4 Å². The first kappa shape index (κ1) is 15.4. The summed E-state index contributed by atoms with van der Waals surface area (Å²) < 4.78 is 11.5. The van der Waals surface area contributed by atoms with Crippen molar-refractivity contribution in [2.24, 2.45) is 0 Å². The zero-order chi connectivity index (χ0) is 15.2. The summed E-state index contributed by atoms with van der Waals surface area (Å²) in [5.74, 6) is -0.326. The summed E-state index contributed by atoms with van der Waals surface area (Å²) in [5.41, 5.74) is 1.97. The summed E-state index contributed by atoms with van der Waals surface area (Å²) in [6.07, 6.45) is 0.273. The fourth-order valence-corrected chi connectivity index (χ4v) is 2.63. The summed E-state index contributed by atoms with van der Waals surface area (Å²) in [5, 5.41) is 11.8. The molecule has 0 saturated heterocycles. The number of benzene rings is 2. The van der Waals surface area contributed by atoms with Crippen molar-refractivity contribution in [1.29, 1.82) is 5.26 Å². The average molecular weight is 361 g/mol. The summed E-state index contributed by atoms with van der Waals surface area (Å²) in [4.78, 5) is 12.3. The van der Waals surface area contributed by atoms with E-state index in [0.717, 1.165) is 4.47 Å². The quantitative estimate of drug-likeness (QED) is 0.823. The zero-order valence-corrected chi connectivity index (χ0v) is 13.3. The number of amides is 1. The molecule has 0 aliphatic carbocycles. The van der Waals surface area contributed by atoms with Crippen LogP contribution in [0.4, 0.5) is 5.69 Å². The van der Waals surface area contributed by atoms with Crippen LogP contribution in [0.2, 0.25) is 0 Å². The van der Waals surface area contributed by atoms with E-state index in [2.05, 4.69) is 21.2 Å². The smallest absolute Gasteiger partial charge is 0.256 e. The van der Waals surface area contributed by atoms with Crippen molar-refractivity contribution in [1.82, 2.24) is 0 Å². The Morgan fingerprint density at radius 1 is 1.29 bits per heavy atom. The molecule has 0 atom stereocenters. The first-order chi connectivity index (χ1) is 10.2. The van der Waals surface area contributed by atoms with Crippen molar-refractivity contribution in [2.75, 3.05) is 5.32 Å². The van der Waals surface area contributed by atoms with E-state index in [0.29, 0.717) is 22.4 Å². The number of anilines is 1. The number of carbonyl (C=O) groups excluding carboxylic acids is 1. The topological polar surface area (TPSA) is 70.0 Å². The summed E-state index contributed by atoms with van der Waals surface area (Å²) in [6, 6.07) is 14.0. The van der Waals surface area contributed by atoms with Gasteiger partial charge in [-0.3, -0.25) is 9.36 Å². The fraction of sp³-hybridized carbons (Fsp3) is 0.0667. The van der Waals surface area contributed by atoms with Crippen LogP contribution in [0.1, 0.15) is 21.5 Å². The Kier molecular flexibility index (Phi) is 5.21. The lowest BCUT2D eigenvalue weighted by Crippen LogP contribution is -2.14. The monoisotopic (exact) mass is 360 g/mol. The minimum atomic E-state index is -0.326. The molecule has 0 saturated carbocycles. The standard InChI is InChI=1S/C15H10BrN2O2P/c16-12-5-6-14(11(7-12)8-17)18-15(19)13-4-2-1-3-10(13)9-21-20/h1-7H,9H2,(H,18,19). The number of hydrogen-bond acceptors (Lipinski definition) is 3. The molecule has 104 valence electrons. The maximum absolute atomic E-state index is 12.3. The van der Waals surface area contributed by atoms with Gasteiger partial charge in [0.2, 0.25) is 0 Å². The second-order valence-corrected chi connectivity index (χ2v) is 5.69. The van der Waals surface area contributed by atoms with Crippen LogP contribution in [0, 0.1) is 11.3 Å². The van der Waals surface area contributed by atoms with Gasteiger partial charge in [0, 0.05) is 10.0 Å². The lowest BCUT2D eigenvalue weighted by Gasteiger charge is -2.09. The number of nitriles is 1. The van der Waals surface area contributed by atoms with E-state index >= 15 is 0 Å². The molecular formula is C15H10BrN2O2P. The third-order valence-corrected chi connectivity index (χ3v) is 3.81. The van der Waals surface area contributed by atoms with Crippen molar-refractivity contribution in [3.8, 4) is 6.07 Å². The number of carbonyl (C=O) groups is 1. The molecule has 4 nitrogen and oxygen atoms in total. The van der Waals surface area contributed by atoms with Crippen molar-refractivity contribution in [2.45, 2.75) is 6.16 Å². The van der Waals surface area contributed by atoms with Crippen molar-refractivity contribution < 1.29 is 9.36 Å². The molecule has 0 unspecified atom stereocenters. The van der Waals surface area contributed by atoms with Crippen molar-refractivity contribution >= 4 is 36.0 Å². The van der Waals surface area contributed by atoms with Crippen LogP contribution in [0.15, 0.2) is 46.9 Å². The Balaban J connectivity index is 2.31. The van der Waals surface area contributed by atoms with E-state index in [1.54, 1.807) is 42.5 Å². The van der Waals surface area contributed by atoms with Gasteiger partial charge in [0.15, 0.2) is 8.46 Å². The average Bonchev–Trinajstić information content (AvgIpc) is 2.49. The van der Waals surface area contributed by atoms with Crippen molar-refractivity contribution in [3.63, 3.8) is 0 Å². The van der Waals surface area contributed by atoms with Gasteiger partial charge in [-0.15, -0.1) is 0 Å². The van der Waals surface area contributed by atoms with Gasteiger partial charge in [0.05, 0.1) is 17.4 Å². The Morgan fingerprint density at radius 3 is 2.76 bits per heavy atom. The molecule has 21 heavy (non-hydrogen) atoms. The molecule has 0 radical (unpaired) electrons. The highest BCUT2D eigenvalue weighted by atomic mass is 79.9. The van der Waals surface area contributed by atoms with E-state index in [1.807, 2.05) is 6.07 Å². The van der Waals surface area contributed by atoms with Gasteiger partial charge in [0.25, 0.3) is 5.91 Å². The fourth-order valence-electron chi connectivity index (χ4n) is 1.86. The maximum atomic E-state index is 12.3. The minimum absolute atomic E-state index is 0.0433. The van der Waals surface area contributed by atoms with Crippen LogP contribution < -0.4 is 5.32 Å². The molecular weight excluding hydrogens is 351 g/mol. The predicted molar refractivity (Wildman–Crippen MR) is 84.6 cm³/mol. The third kappa shape index (κ3) is 3.75. The Hall–Kier alpha value is -2.02. The maximum Gasteiger partial charge on any atom is 0.256 e. The largest absolute Gasteiger partial charge is 0.321 e. The second-order valence-electron chi connectivity index (χ2n) is 4.20. The Morgan fingerprint density at radius 2 is 2.05 bits per heavy atom. The lowest BCUT2D eigenvalue weighted by atomic mass is 10.1. The Bertz CT molecular complexity index is 741. The summed E-state index contributed by atoms with van der Waals surface area (Å²) in [7, 11) is -0.0433. The highest BCUT2D eigenvalue weighted by molar-refractivity contribution is 9.10. The van der Waals surface area contributed by atoms with Gasteiger partial charge in [-0.05, 0) is 29.8 Å². The van der Waals surface area contributed by atoms with Crippen LogP contribution in [0.5, 0.6) is 0 Å². The van der Waals surface area contributed by atoms with E-state index in [1.165, 1.54) is 0 Å². The molecule has 2 rings (SSSR count).